The molecule has 2 heterocycles. The minimum absolute atomic E-state index is 0.0177. The number of thiophene rings is 1. The Morgan fingerprint density at radius 1 is 1.29 bits per heavy atom. The molecular formula is C12H18ClN3O3S2. The number of carbonyl (C=O) groups excluding carboxylic acids is 1. The maximum Gasteiger partial charge on any atom is 0.252 e. The van der Waals surface area contributed by atoms with Crippen LogP contribution in [0.25, 0.3) is 0 Å². The van der Waals surface area contributed by atoms with Gasteiger partial charge in [-0.15, -0.1) is 11.3 Å². The van der Waals surface area contributed by atoms with E-state index < -0.39 is 10.0 Å². The molecule has 1 aliphatic rings. The average molecular weight is 352 g/mol. The van der Waals surface area contributed by atoms with Gasteiger partial charge in [-0.25, -0.2) is 8.42 Å². The number of amides is 1. The number of hydrogen-bond donors (Lipinski definition) is 1. The fraction of sp³-hybridized carbons (Fsp3) is 0.583. The average Bonchev–Trinajstić information content (AvgIpc) is 2.74. The molecule has 0 atom stereocenters. The number of halogens is 1. The predicted octanol–water partition coefficient (Wildman–Crippen LogP) is 0.973. The fourth-order valence-electron chi connectivity index (χ4n) is 2.23. The third-order valence-electron chi connectivity index (χ3n) is 3.31. The highest BCUT2D eigenvalue weighted by Gasteiger charge is 2.29. The molecular weight excluding hydrogens is 334 g/mol. The van der Waals surface area contributed by atoms with E-state index in [2.05, 4.69) is 0 Å². The van der Waals surface area contributed by atoms with E-state index in [9.17, 15) is 13.2 Å². The van der Waals surface area contributed by atoms with Gasteiger partial charge < -0.3 is 10.6 Å². The van der Waals surface area contributed by atoms with Crippen molar-refractivity contribution in [1.82, 2.24) is 9.21 Å². The SMILES string of the molecule is NCCC(=O)N1CCCN(S(=O)(=O)c2ccc(Cl)s2)CC1. The maximum atomic E-state index is 12.5. The molecule has 9 heteroatoms. The lowest BCUT2D eigenvalue weighted by atomic mass is 10.3. The second-order valence-corrected chi connectivity index (χ2v) is 8.62. The van der Waals surface area contributed by atoms with Crippen molar-refractivity contribution in [2.45, 2.75) is 17.1 Å². The summed E-state index contributed by atoms with van der Waals surface area (Å²) in [6, 6.07) is 3.10. The fourth-order valence-corrected chi connectivity index (χ4v) is 5.34. The summed E-state index contributed by atoms with van der Waals surface area (Å²) in [5, 5.41) is 0. The molecule has 1 saturated heterocycles. The van der Waals surface area contributed by atoms with E-state index in [1.54, 1.807) is 11.0 Å². The zero-order valence-corrected chi connectivity index (χ0v) is 13.9. The summed E-state index contributed by atoms with van der Waals surface area (Å²) < 4.78 is 27.1. The predicted molar refractivity (Wildman–Crippen MR) is 83.0 cm³/mol. The molecule has 118 valence electrons. The van der Waals surface area contributed by atoms with Crippen LogP contribution in [-0.2, 0) is 14.8 Å². The van der Waals surface area contributed by atoms with Gasteiger partial charge in [-0.2, -0.15) is 4.31 Å². The summed E-state index contributed by atoms with van der Waals surface area (Å²) in [4.78, 5) is 13.5. The van der Waals surface area contributed by atoms with Crippen molar-refractivity contribution in [2.75, 3.05) is 32.7 Å². The van der Waals surface area contributed by atoms with E-state index in [4.69, 9.17) is 17.3 Å². The first-order chi connectivity index (χ1) is 9.95. The van der Waals surface area contributed by atoms with Gasteiger partial charge in [-0.3, -0.25) is 4.79 Å². The molecule has 1 aromatic rings. The van der Waals surface area contributed by atoms with Crippen molar-refractivity contribution >= 4 is 38.9 Å². The van der Waals surface area contributed by atoms with Gasteiger partial charge in [0.05, 0.1) is 4.34 Å². The Balaban J connectivity index is 2.07. The molecule has 2 N–H and O–H groups in total. The number of sulfonamides is 1. The number of carbonyl (C=O) groups is 1. The van der Waals surface area contributed by atoms with Crippen LogP contribution in [0.3, 0.4) is 0 Å². The van der Waals surface area contributed by atoms with Crippen molar-refractivity contribution in [1.29, 1.82) is 0 Å². The van der Waals surface area contributed by atoms with Crippen LogP contribution >= 0.6 is 22.9 Å². The summed E-state index contributed by atoms with van der Waals surface area (Å²) in [5.41, 5.74) is 5.39. The van der Waals surface area contributed by atoms with E-state index in [-0.39, 0.29) is 10.1 Å². The molecule has 0 bridgehead atoms. The van der Waals surface area contributed by atoms with Crippen LogP contribution in [0.4, 0.5) is 0 Å². The van der Waals surface area contributed by atoms with Crippen LogP contribution in [0, 0.1) is 0 Å². The summed E-state index contributed by atoms with van der Waals surface area (Å²) in [6.07, 6.45) is 0.919. The van der Waals surface area contributed by atoms with Crippen LogP contribution < -0.4 is 5.73 Å². The van der Waals surface area contributed by atoms with Gasteiger partial charge in [0.15, 0.2) is 0 Å². The Labute approximate surface area is 133 Å². The monoisotopic (exact) mass is 351 g/mol. The third kappa shape index (κ3) is 3.95. The standard InChI is InChI=1S/C12H18ClN3O3S2/c13-10-2-3-12(20-10)21(18,19)16-7-1-6-15(8-9-16)11(17)4-5-14/h2-3H,1,4-9,14H2. The van der Waals surface area contributed by atoms with E-state index in [1.165, 1.54) is 10.4 Å². The van der Waals surface area contributed by atoms with Crippen molar-refractivity contribution in [3.63, 3.8) is 0 Å². The van der Waals surface area contributed by atoms with Crippen LogP contribution in [-0.4, -0.2) is 56.3 Å². The lowest BCUT2D eigenvalue weighted by Gasteiger charge is -2.21. The maximum absolute atomic E-state index is 12.5. The van der Waals surface area contributed by atoms with Gasteiger partial charge in [-0.05, 0) is 18.6 Å². The topological polar surface area (TPSA) is 83.7 Å². The normalized spacial score (nSPS) is 17.7. The molecule has 0 saturated carbocycles. The smallest absolute Gasteiger partial charge is 0.252 e. The second-order valence-electron chi connectivity index (χ2n) is 4.74. The highest BCUT2D eigenvalue weighted by atomic mass is 35.5. The molecule has 1 amide bonds. The van der Waals surface area contributed by atoms with Gasteiger partial charge >= 0.3 is 0 Å². The summed E-state index contributed by atoms with van der Waals surface area (Å²) in [6.45, 7) is 1.98. The summed E-state index contributed by atoms with van der Waals surface area (Å²) in [5.74, 6) is -0.0177. The van der Waals surface area contributed by atoms with Crippen molar-refractivity contribution in [3.8, 4) is 0 Å². The van der Waals surface area contributed by atoms with E-state index in [0.29, 0.717) is 49.9 Å². The Kier molecular flexibility index (Phi) is 5.61. The van der Waals surface area contributed by atoms with Crippen molar-refractivity contribution in [2.24, 2.45) is 5.73 Å². The zero-order chi connectivity index (χ0) is 15.5. The van der Waals surface area contributed by atoms with Crippen LogP contribution in [0.5, 0.6) is 0 Å². The Hall–Kier alpha value is -0.670. The van der Waals surface area contributed by atoms with Gasteiger partial charge in [0.2, 0.25) is 5.91 Å². The minimum atomic E-state index is -3.52. The first kappa shape index (κ1) is 16.7. The lowest BCUT2D eigenvalue weighted by Crippen LogP contribution is -2.37. The molecule has 0 aromatic carbocycles. The quantitative estimate of drug-likeness (QED) is 0.876. The molecule has 0 radical (unpaired) electrons. The third-order valence-corrected chi connectivity index (χ3v) is 6.91. The molecule has 6 nitrogen and oxygen atoms in total. The van der Waals surface area contributed by atoms with Crippen molar-refractivity contribution in [3.05, 3.63) is 16.5 Å². The van der Waals surface area contributed by atoms with E-state index in [0.717, 1.165) is 11.3 Å². The molecule has 1 aromatic heterocycles. The molecule has 0 spiro atoms. The Morgan fingerprint density at radius 2 is 2.05 bits per heavy atom. The summed E-state index contributed by atoms with van der Waals surface area (Å²) >= 11 is 6.86. The van der Waals surface area contributed by atoms with Crippen LogP contribution in [0.1, 0.15) is 12.8 Å². The molecule has 2 rings (SSSR count). The Bertz CT molecular complexity index is 603. The van der Waals surface area contributed by atoms with Crippen LogP contribution in [0.2, 0.25) is 4.34 Å². The molecule has 21 heavy (non-hydrogen) atoms. The zero-order valence-electron chi connectivity index (χ0n) is 11.5. The first-order valence-electron chi connectivity index (χ1n) is 6.68. The molecule has 1 fully saturated rings. The van der Waals surface area contributed by atoms with Gasteiger partial charge in [0, 0.05) is 39.1 Å². The Morgan fingerprint density at radius 3 is 2.67 bits per heavy atom. The highest BCUT2D eigenvalue weighted by Crippen LogP contribution is 2.28. The van der Waals surface area contributed by atoms with Gasteiger partial charge in [0.25, 0.3) is 10.0 Å². The number of rotatable bonds is 4. The minimum Gasteiger partial charge on any atom is -0.341 e. The first-order valence-corrected chi connectivity index (χ1v) is 9.32. The second kappa shape index (κ2) is 7.06. The molecule has 0 unspecified atom stereocenters. The van der Waals surface area contributed by atoms with Crippen LogP contribution in [0.15, 0.2) is 16.3 Å². The number of nitrogens with two attached hydrogens (primary N) is 1. The molecule has 0 aliphatic carbocycles. The van der Waals surface area contributed by atoms with E-state index in [1.807, 2.05) is 0 Å². The molecule has 1 aliphatic heterocycles. The van der Waals surface area contributed by atoms with Gasteiger partial charge in [0.1, 0.15) is 4.21 Å². The summed E-state index contributed by atoms with van der Waals surface area (Å²) in [7, 11) is -3.52. The van der Waals surface area contributed by atoms with E-state index >= 15 is 0 Å². The lowest BCUT2D eigenvalue weighted by molar-refractivity contribution is -0.130. The number of nitrogens with zero attached hydrogens (tertiary/aromatic N) is 2. The highest BCUT2D eigenvalue weighted by molar-refractivity contribution is 7.91. The largest absolute Gasteiger partial charge is 0.341 e. The van der Waals surface area contributed by atoms with Crippen molar-refractivity contribution < 1.29 is 13.2 Å². The van der Waals surface area contributed by atoms with Gasteiger partial charge in [-0.1, -0.05) is 11.6 Å². The number of hydrogen-bond acceptors (Lipinski definition) is 5.